The number of nitrogens with two attached hydrogens (primary N) is 1. The first kappa shape index (κ1) is 23.0. The molecule has 0 aliphatic carbocycles. The highest BCUT2D eigenvalue weighted by atomic mass is 35.5. The number of halogens is 1. The number of hydrogen-bond donors (Lipinski definition) is 2. The van der Waals surface area contributed by atoms with Gasteiger partial charge in [0.1, 0.15) is 11.6 Å². The van der Waals surface area contributed by atoms with Gasteiger partial charge in [-0.3, -0.25) is 4.99 Å². The smallest absolute Gasteiger partial charge is 0.165 e. The monoisotopic (exact) mass is 488 g/mol. The normalized spacial score (nSPS) is 14.5. The summed E-state index contributed by atoms with van der Waals surface area (Å²) >= 11 is 6.18. The zero-order valence-corrected chi connectivity index (χ0v) is 20.2. The van der Waals surface area contributed by atoms with Crippen LogP contribution in [0.3, 0.4) is 0 Å². The Morgan fingerprint density at radius 1 is 1.20 bits per heavy atom. The predicted molar refractivity (Wildman–Crippen MR) is 139 cm³/mol. The summed E-state index contributed by atoms with van der Waals surface area (Å²) in [6.45, 7) is 5.60. The van der Waals surface area contributed by atoms with E-state index in [4.69, 9.17) is 36.6 Å². The molecule has 1 aliphatic rings. The van der Waals surface area contributed by atoms with Crippen molar-refractivity contribution in [3.05, 3.63) is 76.5 Å². The maximum absolute atomic E-state index is 6.18. The summed E-state index contributed by atoms with van der Waals surface area (Å²) < 4.78 is 10.6. The molecular formula is C26H25ClN6O2. The molecule has 8 nitrogen and oxygen atoms in total. The fourth-order valence-corrected chi connectivity index (χ4v) is 4.16. The van der Waals surface area contributed by atoms with Gasteiger partial charge >= 0.3 is 0 Å². The number of benzene rings is 2. The molecule has 35 heavy (non-hydrogen) atoms. The van der Waals surface area contributed by atoms with Gasteiger partial charge in [0.2, 0.25) is 0 Å². The van der Waals surface area contributed by atoms with Crippen molar-refractivity contribution >= 4 is 40.1 Å². The second-order valence-electron chi connectivity index (χ2n) is 8.40. The first-order valence-electron chi connectivity index (χ1n) is 11.3. The molecule has 9 heteroatoms. The zero-order chi connectivity index (χ0) is 24.4. The van der Waals surface area contributed by atoms with Crippen molar-refractivity contribution in [1.29, 1.82) is 0 Å². The Morgan fingerprint density at radius 2 is 2.06 bits per heavy atom. The van der Waals surface area contributed by atoms with Crippen molar-refractivity contribution < 1.29 is 9.26 Å². The van der Waals surface area contributed by atoms with Crippen LogP contribution in [0.2, 0.25) is 5.02 Å². The lowest BCUT2D eigenvalue weighted by molar-refractivity contribution is 0.0136. The Hall–Kier alpha value is -3.75. The van der Waals surface area contributed by atoms with Crippen molar-refractivity contribution in [3.63, 3.8) is 0 Å². The maximum Gasteiger partial charge on any atom is 0.165 e. The summed E-state index contributed by atoms with van der Waals surface area (Å²) in [5.74, 6) is 1.93. The number of allylic oxidation sites excluding steroid dienone is 1. The standard InChI is InChI=1S/C26H25ClN6O2/c1-15-24(16(2)35-33-15)18-6-7-23-22(9-18)26(30-11-17-4-3-5-20(27)8-17)32-25(31-23)19(10-28)12-29-21-13-34-14-21/h3-10,12,21H,11,13-14,28H2,1-2H3,(H,30,31,32). The number of nitrogens with one attached hydrogen (secondary N) is 1. The molecular weight excluding hydrogens is 464 g/mol. The lowest BCUT2D eigenvalue weighted by Crippen LogP contribution is -2.31. The van der Waals surface area contributed by atoms with E-state index in [1.165, 1.54) is 6.20 Å². The molecule has 3 N–H and O–H groups in total. The largest absolute Gasteiger partial charge is 0.404 e. The van der Waals surface area contributed by atoms with Crippen molar-refractivity contribution in [2.75, 3.05) is 18.5 Å². The van der Waals surface area contributed by atoms with Crippen LogP contribution in [-0.2, 0) is 11.3 Å². The van der Waals surface area contributed by atoms with Crippen LogP contribution < -0.4 is 11.1 Å². The van der Waals surface area contributed by atoms with E-state index >= 15 is 0 Å². The number of fused-ring (bicyclic) bond motifs is 1. The van der Waals surface area contributed by atoms with Crippen molar-refractivity contribution in [2.45, 2.75) is 26.4 Å². The average molecular weight is 489 g/mol. The van der Waals surface area contributed by atoms with Crippen LogP contribution in [0.25, 0.3) is 27.6 Å². The summed E-state index contributed by atoms with van der Waals surface area (Å²) in [5, 5.41) is 9.11. The molecule has 0 spiro atoms. The third-order valence-corrected chi connectivity index (χ3v) is 6.08. The van der Waals surface area contributed by atoms with Gasteiger partial charge < -0.3 is 20.3 Å². The number of aryl methyl sites for hydroxylation is 2. The minimum atomic E-state index is 0.142. The fraction of sp³-hybridized carbons (Fsp3) is 0.231. The summed E-state index contributed by atoms with van der Waals surface area (Å²) in [4.78, 5) is 14.1. The van der Waals surface area contributed by atoms with E-state index in [1.54, 1.807) is 6.21 Å². The Bertz CT molecular complexity index is 1420. The van der Waals surface area contributed by atoms with E-state index in [0.717, 1.165) is 39.0 Å². The van der Waals surface area contributed by atoms with Crippen LogP contribution in [0.4, 0.5) is 5.82 Å². The van der Waals surface area contributed by atoms with Crippen LogP contribution in [-0.4, -0.2) is 40.6 Å². The van der Waals surface area contributed by atoms with E-state index in [1.807, 2.05) is 50.2 Å². The van der Waals surface area contributed by atoms with Gasteiger partial charge in [0.05, 0.1) is 36.0 Å². The average Bonchev–Trinajstić information content (AvgIpc) is 3.16. The molecule has 0 saturated carbocycles. The third kappa shape index (κ3) is 4.89. The second-order valence-corrected chi connectivity index (χ2v) is 8.84. The number of anilines is 1. The van der Waals surface area contributed by atoms with Crippen LogP contribution in [0.1, 0.15) is 22.8 Å². The Balaban J connectivity index is 1.57. The number of aromatic nitrogens is 3. The molecule has 1 aliphatic heterocycles. The Morgan fingerprint density at radius 3 is 2.74 bits per heavy atom. The van der Waals surface area contributed by atoms with Gasteiger partial charge in [0.25, 0.3) is 0 Å². The maximum atomic E-state index is 6.18. The van der Waals surface area contributed by atoms with Crippen LogP contribution in [0, 0.1) is 13.8 Å². The van der Waals surface area contributed by atoms with Gasteiger partial charge in [-0.05, 0) is 49.2 Å². The zero-order valence-electron chi connectivity index (χ0n) is 19.5. The molecule has 178 valence electrons. The Kier molecular flexibility index (Phi) is 6.48. The van der Waals surface area contributed by atoms with Gasteiger partial charge in [0, 0.05) is 34.9 Å². The van der Waals surface area contributed by atoms with Gasteiger partial charge in [-0.2, -0.15) is 0 Å². The molecule has 0 atom stereocenters. The van der Waals surface area contributed by atoms with Gasteiger partial charge in [-0.25, -0.2) is 9.97 Å². The molecule has 2 aromatic carbocycles. The van der Waals surface area contributed by atoms with Crippen molar-refractivity contribution in [3.8, 4) is 11.1 Å². The van der Waals surface area contributed by atoms with Gasteiger partial charge in [0.15, 0.2) is 5.82 Å². The second kappa shape index (κ2) is 9.85. The van der Waals surface area contributed by atoms with E-state index in [9.17, 15) is 0 Å². The predicted octanol–water partition coefficient (Wildman–Crippen LogP) is 4.94. The van der Waals surface area contributed by atoms with E-state index in [0.29, 0.717) is 42.0 Å². The first-order chi connectivity index (χ1) is 17.0. The number of nitrogens with zero attached hydrogens (tertiary/aromatic N) is 4. The van der Waals surface area contributed by atoms with E-state index in [-0.39, 0.29) is 6.04 Å². The SMILES string of the molecule is Cc1noc(C)c1-c1ccc2nc(C(C=NC3COC3)=CN)nc(NCc3cccc(Cl)c3)c2c1. The molecule has 5 rings (SSSR count). The molecule has 1 saturated heterocycles. The van der Waals surface area contributed by atoms with Crippen molar-refractivity contribution in [2.24, 2.45) is 10.7 Å². The van der Waals surface area contributed by atoms with E-state index < -0.39 is 0 Å². The number of ether oxygens (including phenoxy) is 1. The molecule has 0 radical (unpaired) electrons. The first-order valence-corrected chi connectivity index (χ1v) is 11.7. The minimum absolute atomic E-state index is 0.142. The molecule has 0 unspecified atom stereocenters. The summed E-state index contributed by atoms with van der Waals surface area (Å²) in [6, 6.07) is 13.9. The highest BCUT2D eigenvalue weighted by Crippen LogP contribution is 2.32. The number of aliphatic imine (C=N–C) groups is 1. The molecule has 2 aromatic heterocycles. The fourth-order valence-electron chi connectivity index (χ4n) is 3.95. The summed E-state index contributed by atoms with van der Waals surface area (Å²) in [7, 11) is 0. The Labute approximate surface area is 207 Å². The summed E-state index contributed by atoms with van der Waals surface area (Å²) in [6.07, 6.45) is 3.19. The lowest BCUT2D eigenvalue weighted by Gasteiger charge is -2.21. The number of hydrogen-bond acceptors (Lipinski definition) is 8. The minimum Gasteiger partial charge on any atom is -0.404 e. The highest BCUT2D eigenvalue weighted by Gasteiger charge is 2.18. The highest BCUT2D eigenvalue weighted by molar-refractivity contribution is 6.30. The molecule has 0 bridgehead atoms. The quantitative estimate of drug-likeness (QED) is 0.354. The molecule has 3 heterocycles. The molecule has 0 amide bonds. The third-order valence-electron chi connectivity index (χ3n) is 5.85. The van der Waals surface area contributed by atoms with Crippen LogP contribution >= 0.6 is 11.6 Å². The molecule has 1 fully saturated rings. The van der Waals surface area contributed by atoms with Crippen LogP contribution in [0.15, 0.2) is 58.2 Å². The van der Waals surface area contributed by atoms with Gasteiger partial charge in [-0.15, -0.1) is 0 Å². The van der Waals surface area contributed by atoms with Gasteiger partial charge in [-0.1, -0.05) is 35.0 Å². The van der Waals surface area contributed by atoms with E-state index in [2.05, 4.69) is 21.5 Å². The number of rotatable bonds is 7. The van der Waals surface area contributed by atoms with Crippen LogP contribution in [0.5, 0.6) is 0 Å². The summed E-state index contributed by atoms with van der Waals surface area (Å²) in [5.41, 5.74) is 11.2. The lowest BCUT2D eigenvalue weighted by atomic mass is 10.0. The molecule has 4 aromatic rings. The topological polar surface area (TPSA) is 111 Å². The van der Waals surface area contributed by atoms with Crippen molar-refractivity contribution in [1.82, 2.24) is 15.1 Å².